The molecular weight excluding hydrogens is 250 g/mol. The smallest absolute Gasteiger partial charge is 0.253 e. The highest BCUT2D eigenvalue weighted by Gasteiger charge is 2.09. The second-order valence-electron chi connectivity index (χ2n) is 4.02. The van der Waals surface area contributed by atoms with Gasteiger partial charge in [0.15, 0.2) is 11.6 Å². The lowest BCUT2D eigenvalue weighted by atomic mass is 10.1. The zero-order valence-electron chi connectivity index (χ0n) is 9.99. The molecule has 19 heavy (non-hydrogen) atoms. The number of nitrogens with one attached hydrogen (secondary N) is 1. The number of benzene rings is 2. The molecule has 0 aliphatic carbocycles. The Bertz CT molecular complexity index is 614. The minimum absolute atomic E-state index is 0.102. The summed E-state index contributed by atoms with van der Waals surface area (Å²) in [6.45, 7) is 0.102. The Hall–Kier alpha value is -2.43. The van der Waals surface area contributed by atoms with Gasteiger partial charge in [-0.2, -0.15) is 0 Å². The van der Waals surface area contributed by atoms with Gasteiger partial charge in [-0.3, -0.25) is 4.79 Å². The molecule has 98 valence electrons. The van der Waals surface area contributed by atoms with Crippen LogP contribution in [-0.2, 0) is 6.54 Å². The van der Waals surface area contributed by atoms with Crippen LogP contribution in [0.4, 0.5) is 14.5 Å². The standard InChI is InChI=1S/C14H12F2N2O/c15-11-6-5-9(7-12(11)16)8-18-14(19)10-3-1-2-4-13(10)17/h1-7H,8,17H2,(H,18,19). The number of amides is 1. The van der Waals surface area contributed by atoms with Crippen molar-refractivity contribution in [1.82, 2.24) is 5.32 Å². The van der Waals surface area contributed by atoms with Crippen molar-refractivity contribution in [1.29, 1.82) is 0 Å². The van der Waals surface area contributed by atoms with Crippen LogP contribution in [0.5, 0.6) is 0 Å². The molecule has 1 amide bonds. The molecule has 5 heteroatoms. The van der Waals surface area contributed by atoms with Crippen LogP contribution in [0.2, 0.25) is 0 Å². The SMILES string of the molecule is Nc1ccccc1C(=O)NCc1ccc(F)c(F)c1. The Morgan fingerprint density at radius 3 is 2.53 bits per heavy atom. The monoisotopic (exact) mass is 262 g/mol. The Balaban J connectivity index is 2.04. The first kappa shape index (κ1) is 13.0. The van der Waals surface area contributed by atoms with E-state index >= 15 is 0 Å². The second kappa shape index (κ2) is 5.48. The first-order chi connectivity index (χ1) is 9.08. The van der Waals surface area contributed by atoms with Crippen LogP contribution in [-0.4, -0.2) is 5.91 Å². The van der Waals surface area contributed by atoms with E-state index < -0.39 is 11.6 Å². The molecule has 3 nitrogen and oxygen atoms in total. The van der Waals surface area contributed by atoms with Crippen LogP contribution in [0.3, 0.4) is 0 Å². The average molecular weight is 262 g/mol. The lowest BCUT2D eigenvalue weighted by Gasteiger charge is -2.07. The van der Waals surface area contributed by atoms with E-state index in [1.54, 1.807) is 24.3 Å². The summed E-state index contributed by atoms with van der Waals surface area (Å²) in [6.07, 6.45) is 0. The van der Waals surface area contributed by atoms with Crippen molar-refractivity contribution in [2.24, 2.45) is 0 Å². The maximum atomic E-state index is 13.0. The van der Waals surface area contributed by atoms with E-state index in [0.29, 0.717) is 16.8 Å². The van der Waals surface area contributed by atoms with Crippen molar-refractivity contribution >= 4 is 11.6 Å². The first-order valence-electron chi connectivity index (χ1n) is 5.64. The fraction of sp³-hybridized carbons (Fsp3) is 0.0714. The highest BCUT2D eigenvalue weighted by molar-refractivity contribution is 5.98. The molecule has 0 aliphatic rings. The molecule has 0 aliphatic heterocycles. The summed E-state index contributed by atoms with van der Waals surface area (Å²) in [6, 6.07) is 10.1. The molecule has 0 saturated carbocycles. The molecule has 0 fully saturated rings. The first-order valence-corrected chi connectivity index (χ1v) is 5.64. The number of halogens is 2. The van der Waals surface area contributed by atoms with Gasteiger partial charge in [-0.15, -0.1) is 0 Å². The van der Waals surface area contributed by atoms with Gasteiger partial charge in [0.05, 0.1) is 5.56 Å². The van der Waals surface area contributed by atoms with E-state index in [1.165, 1.54) is 6.07 Å². The number of carbonyl (C=O) groups excluding carboxylic acids is 1. The molecule has 0 radical (unpaired) electrons. The predicted molar refractivity (Wildman–Crippen MR) is 68.4 cm³/mol. The lowest BCUT2D eigenvalue weighted by molar-refractivity contribution is 0.0951. The maximum absolute atomic E-state index is 13.0. The van der Waals surface area contributed by atoms with E-state index in [1.807, 2.05) is 0 Å². The van der Waals surface area contributed by atoms with Crippen LogP contribution in [0.15, 0.2) is 42.5 Å². The largest absolute Gasteiger partial charge is 0.398 e. The van der Waals surface area contributed by atoms with E-state index in [9.17, 15) is 13.6 Å². The molecule has 2 rings (SSSR count). The van der Waals surface area contributed by atoms with Crippen molar-refractivity contribution in [3.8, 4) is 0 Å². The third-order valence-electron chi connectivity index (χ3n) is 2.64. The van der Waals surface area contributed by atoms with Crippen LogP contribution in [0.25, 0.3) is 0 Å². The summed E-state index contributed by atoms with van der Waals surface area (Å²) in [5.41, 5.74) is 6.86. The molecule has 0 atom stereocenters. The zero-order valence-corrected chi connectivity index (χ0v) is 9.99. The number of nitrogens with two attached hydrogens (primary N) is 1. The number of rotatable bonds is 3. The molecular formula is C14H12F2N2O. The number of hydrogen-bond donors (Lipinski definition) is 2. The van der Waals surface area contributed by atoms with E-state index in [2.05, 4.69) is 5.32 Å². The fourth-order valence-corrected chi connectivity index (χ4v) is 1.63. The third-order valence-corrected chi connectivity index (χ3v) is 2.64. The third kappa shape index (κ3) is 3.07. The van der Waals surface area contributed by atoms with Gasteiger partial charge in [-0.25, -0.2) is 8.78 Å². The second-order valence-corrected chi connectivity index (χ2v) is 4.02. The highest BCUT2D eigenvalue weighted by atomic mass is 19.2. The van der Waals surface area contributed by atoms with Gasteiger partial charge in [-0.1, -0.05) is 18.2 Å². The molecule has 3 N–H and O–H groups in total. The van der Waals surface area contributed by atoms with Gasteiger partial charge in [0.2, 0.25) is 0 Å². The number of para-hydroxylation sites is 1. The Morgan fingerprint density at radius 2 is 1.84 bits per heavy atom. The van der Waals surface area contributed by atoms with Crippen LogP contribution < -0.4 is 11.1 Å². The van der Waals surface area contributed by atoms with Gasteiger partial charge in [0, 0.05) is 12.2 Å². The molecule has 0 bridgehead atoms. The van der Waals surface area contributed by atoms with Gasteiger partial charge in [-0.05, 0) is 29.8 Å². The molecule has 0 spiro atoms. The highest BCUT2D eigenvalue weighted by Crippen LogP contribution is 2.11. The minimum Gasteiger partial charge on any atom is -0.398 e. The van der Waals surface area contributed by atoms with Crippen molar-refractivity contribution in [3.05, 3.63) is 65.2 Å². The maximum Gasteiger partial charge on any atom is 0.253 e. The van der Waals surface area contributed by atoms with Crippen LogP contribution >= 0.6 is 0 Å². The number of nitrogen functional groups attached to an aromatic ring is 1. The summed E-state index contributed by atoms with van der Waals surface area (Å²) in [5, 5.41) is 2.59. The molecule has 0 unspecified atom stereocenters. The normalized spacial score (nSPS) is 10.2. The van der Waals surface area contributed by atoms with Gasteiger partial charge in [0.1, 0.15) is 0 Å². The molecule has 2 aromatic rings. The van der Waals surface area contributed by atoms with Gasteiger partial charge in [0.25, 0.3) is 5.91 Å². The van der Waals surface area contributed by atoms with E-state index in [4.69, 9.17) is 5.73 Å². The molecule has 2 aromatic carbocycles. The van der Waals surface area contributed by atoms with Crippen molar-refractivity contribution in [2.75, 3.05) is 5.73 Å². The Kier molecular flexibility index (Phi) is 3.75. The molecule has 0 aromatic heterocycles. The quantitative estimate of drug-likeness (QED) is 0.835. The summed E-state index contributed by atoms with van der Waals surface area (Å²) in [4.78, 5) is 11.8. The fourth-order valence-electron chi connectivity index (χ4n) is 1.63. The summed E-state index contributed by atoms with van der Waals surface area (Å²) >= 11 is 0. The van der Waals surface area contributed by atoms with Crippen molar-refractivity contribution in [2.45, 2.75) is 6.54 Å². The number of anilines is 1. The topological polar surface area (TPSA) is 55.1 Å². The van der Waals surface area contributed by atoms with Gasteiger partial charge >= 0.3 is 0 Å². The van der Waals surface area contributed by atoms with Crippen molar-refractivity contribution in [3.63, 3.8) is 0 Å². The van der Waals surface area contributed by atoms with E-state index in [-0.39, 0.29) is 12.5 Å². The minimum atomic E-state index is -0.939. The lowest BCUT2D eigenvalue weighted by Crippen LogP contribution is -2.23. The van der Waals surface area contributed by atoms with Crippen LogP contribution in [0, 0.1) is 11.6 Å². The zero-order chi connectivity index (χ0) is 13.8. The van der Waals surface area contributed by atoms with Crippen LogP contribution in [0.1, 0.15) is 15.9 Å². The summed E-state index contributed by atoms with van der Waals surface area (Å²) in [5.74, 6) is -2.21. The Labute approximate surface area is 109 Å². The predicted octanol–water partition coefficient (Wildman–Crippen LogP) is 2.48. The molecule has 0 heterocycles. The number of carbonyl (C=O) groups is 1. The number of hydrogen-bond acceptors (Lipinski definition) is 2. The summed E-state index contributed by atoms with van der Waals surface area (Å²) in [7, 11) is 0. The van der Waals surface area contributed by atoms with Gasteiger partial charge < -0.3 is 11.1 Å². The summed E-state index contributed by atoms with van der Waals surface area (Å²) < 4.78 is 25.7. The Morgan fingerprint density at radius 1 is 1.11 bits per heavy atom. The average Bonchev–Trinajstić information content (AvgIpc) is 2.40. The van der Waals surface area contributed by atoms with Crippen molar-refractivity contribution < 1.29 is 13.6 Å². The molecule has 0 saturated heterocycles. The van der Waals surface area contributed by atoms with E-state index in [0.717, 1.165) is 12.1 Å².